The van der Waals surface area contributed by atoms with Crippen molar-refractivity contribution >= 4 is 27.7 Å². The fourth-order valence-electron chi connectivity index (χ4n) is 6.30. The third-order valence-electron chi connectivity index (χ3n) is 8.48. The Morgan fingerprint density at radius 1 is 0.911 bits per heavy atom. The summed E-state index contributed by atoms with van der Waals surface area (Å²) in [5.41, 5.74) is 4.45. The maximum absolute atomic E-state index is 14.2. The van der Waals surface area contributed by atoms with Crippen LogP contribution in [0.3, 0.4) is 0 Å². The third-order valence-corrected chi connectivity index (χ3v) is 10.4. The first-order valence-electron chi connectivity index (χ1n) is 15.7. The molecule has 10 heteroatoms. The van der Waals surface area contributed by atoms with Crippen LogP contribution in [-0.2, 0) is 14.8 Å². The average molecular weight is 630 g/mol. The number of sulfonamides is 1. The van der Waals surface area contributed by atoms with Gasteiger partial charge in [0, 0.05) is 24.6 Å². The van der Waals surface area contributed by atoms with Gasteiger partial charge in [-0.3, -0.25) is 4.79 Å². The molecular weight excluding hydrogens is 590 g/mol. The number of fused-ring (bicyclic) bond motifs is 1. The summed E-state index contributed by atoms with van der Waals surface area (Å²) in [6.07, 6.45) is 4.91. The Kier molecular flexibility index (Phi) is 9.34. The average Bonchev–Trinajstić information content (AvgIpc) is 3.47. The van der Waals surface area contributed by atoms with E-state index in [-0.39, 0.29) is 22.8 Å². The standard InChI is InChI=1S/C35H39N3O6S/c1-3-43-29-14-8-25(9-15-29)24-28-6-5-7-32-33(28)36-38(34(32)26-10-16-30(17-11-26)44-4-2)35(39)27-12-18-31(19-13-27)45(40,41)37-20-22-42-23-21-37/h8-19,24,32,34H,3-7,20-23H2,1-2H3/b28-24+/t32-,34+/m1/s1. The number of rotatable bonds is 9. The monoisotopic (exact) mass is 629 g/mol. The van der Waals surface area contributed by atoms with E-state index in [0.29, 0.717) is 45.1 Å². The van der Waals surface area contributed by atoms with Crippen LogP contribution in [0.1, 0.15) is 60.6 Å². The molecule has 0 unspecified atom stereocenters. The molecule has 2 heterocycles. The molecule has 3 aliphatic rings. The van der Waals surface area contributed by atoms with Crippen LogP contribution in [0.2, 0.25) is 0 Å². The first kappa shape index (κ1) is 31.0. The molecule has 0 aromatic heterocycles. The molecule has 0 N–H and O–H groups in total. The highest BCUT2D eigenvalue weighted by atomic mass is 32.2. The van der Waals surface area contributed by atoms with Crippen LogP contribution in [0.5, 0.6) is 11.5 Å². The Morgan fingerprint density at radius 3 is 2.16 bits per heavy atom. The van der Waals surface area contributed by atoms with E-state index >= 15 is 0 Å². The zero-order valence-electron chi connectivity index (χ0n) is 25.7. The van der Waals surface area contributed by atoms with Crippen LogP contribution < -0.4 is 9.47 Å². The minimum atomic E-state index is -3.67. The molecule has 1 saturated carbocycles. The quantitative estimate of drug-likeness (QED) is 0.291. The summed E-state index contributed by atoms with van der Waals surface area (Å²) in [5, 5.41) is 6.60. The Balaban J connectivity index is 1.33. The number of nitrogens with zero attached hydrogens (tertiary/aromatic N) is 3. The predicted molar refractivity (Wildman–Crippen MR) is 173 cm³/mol. The van der Waals surface area contributed by atoms with Crippen LogP contribution in [0.4, 0.5) is 0 Å². The van der Waals surface area contributed by atoms with E-state index in [4.69, 9.17) is 19.3 Å². The van der Waals surface area contributed by atoms with Crippen molar-refractivity contribution in [3.63, 3.8) is 0 Å². The summed E-state index contributed by atoms with van der Waals surface area (Å²) in [5.74, 6) is 1.35. The minimum absolute atomic E-state index is 0.0237. The molecule has 1 aliphatic carbocycles. The second-order valence-corrected chi connectivity index (χ2v) is 13.2. The second-order valence-electron chi connectivity index (χ2n) is 11.3. The molecule has 9 nitrogen and oxygen atoms in total. The number of hydrogen-bond donors (Lipinski definition) is 0. The van der Waals surface area contributed by atoms with Crippen molar-refractivity contribution in [1.29, 1.82) is 0 Å². The van der Waals surface area contributed by atoms with E-state index in [2.05, 4.69) is 6.08 Å². The van der Waals surface area contributed by atoms with Crippen molar-refractivity contribution in [1.82, 2.24) is 9.31 Å². The number of benzene rings is 3. The molecule has 0 spiro atoms. The zero-order valence-corrected chi connectivity index (χ0v) is 26.5. The highest BCUT2D eigenvalue weighted by Crippen LogP contribution is 2.45. The second kappa shape index (κ2) is 13.6. The molecule has 1 saturated heterocycles. The van der Waals surface area contributed by atoms with Crippen molar-refractivity contribution < 1.29 is 27.4 Å². The fraction of sp³-hybridized carbons (Fsp3) is 0.371. The molecule has 2 aliphatic heterocycles. The molecule has 2 fully saturated rings. The van der Waals surface area contributed by atoms with Gasteiger partial charge in [0.2, 0.25) is 10.0 Å². The largest absolute Gasteiger partial charge is 0.494 e. The van der Waals surface area contributed by atoms with Crippen LogP contribution in [-0.4, -0.2) is 68.9 Å². The summed E-state index contributed by atoms with van der Waals surface area (Å²) in [6.45, 7) is 6.46. The lowest BCUT2D eigenvalue weighted by Crippen LogP contribution is -2.40. The molecule has 3 aromatic rings. The number of morpholine rings is 1. The third kappa shape index (κ3) is 6.54. The summed E-state index contributed by atoms with van der Waals surface area (Å²) >= 11 is 0. The predicted octanol–water partition coefficient (Wildman–Crippen LogP) is 5.94. The van der Waals surface area contributed by atoms with Gasteiger partial charge in [0.1, 0.15) is 11.5 Å². The molecule has 3 aromatic carbocycles. The number of carbonyl (C=O) groups is 1. The highest BCUT2D eigenvalue weighted by molar-refractivity contribution is 7.89. The van der Waals surface area contributed by atoms with Gasteiger partial charge in [-0.1, -0.05) is 24.3 Å². The number of hydrazone groups is 1. The van der Waals surface area contributed by atoms with Gasteiger partial charge < -0.3 is 14.2 Å². The Hall–Kier alpha value is -3.99. The van der Waals surface area contributed by atoms with E-state index in [1.807, 2.05) is 62.4 Å². The molecule has 236 valence electrons. The topological polar surface area (TPSA) is 97.7 Å². The van der Waals surface area contributed by atoms with Crippen LogP contribution in [0.15, 0.2) is 88.4 Å². The number of carbonyl (C=O) groups excluding carboxylic acids is 1. The Bertz CT molecular complexity index is 1660. The van der Waals surface area contributed by atoms with Crippen LogP contribution in [0, 0.1) is 5.92 Å². The van der Waals surface area contributed by atoms with E-state index in [1.54, 1.807) is 17.1 Å². The van der Waals surface area contributed by atoms with E-state index < -0.39 is 10.0 Å². The number of amides is 1. The van der Waals surface area contributed by atoms with Crippen molar-refractivity contribution in [2.45, 2.75) is 44.0 Å². The SMILES string of the molecule is CCOc1ccc(/C=C2\CCC[C@@H]3C2=NN(C(=O)c2ccc(S(=O)(=O)N4CCOCC4)cc2)[C@H]3c2ccc(OCC)cc2)cc1. The zero-order chi connectivity index (χ0) is 31.4. The fourth-order valence-corrected chi connectivity index (χ4v) is 7.70. The van der Waals surface area contributed by atoms with Crippen molar-refractivity contribution in [2.75, 3.05) is 39.5 Å². The molecule has 6 rings (SSSR count). The van der Waals surface area contributed by atoms with Gasteiger partial charge >= 0.3 is 0 Å². The van der Waals surface area contributed by atoms with Gasteiger partial charge in [0.25, 0.3) is 5.91 Å². The summed E-state index contributed by atoms with van der Waals surface area (Å²) in [4.78, 5) is 14.3. The lowest BCUT2D eigenvalue weighted by atomic mass is 9.77. The van der Waals surface area contributed by atoms with E-state index in [1.165, 1.54) is 16.4 Å². The lowest BCUT2D eigenvalue weighted by Gasteiger charge is -2.30. The molecule has 45 heavy (non-hydrogen) atoms. The molecule has 1 amide bonds. The molecular formula is C35H39N3O6S. The molecule has 0 bridgehead atoms. The highest BCUT2D eigenvalue weighted by Gasteiger charge is 2.44. The minimum Gasteiger partial charge on any atom is -0.494 e. The Morgan fingerprint density at radius 2 is 1.53 bits per heavy atom. The van der Waals surface area contributed by atoms with Gasteiger partial charge in [-0.05, 0) is 104 Å². The first-order valence-corrected chi connectivity index (χ1v) is 17.1. The Labute approximate surface area is 265 Å². The normalized spacial score (nSPS) is 21.3. The maximum Gasteiger partial charge on any atom is 0.274 e. The van der Waals surface area contributed by atoms with Crippen molar-refractivity contribution in [2.24, 2.45) is 11.0 Å². The summed E-state index contributed by atoms with van der Waals surface area (Å²) in [7, 11) is -3.67. The summed E-state index contributed by atoms with van der Waals surface area (Å²) in [6, 6.07) is 21.8. The number of ether oxygens (including phenoxy) is 3. The summed E-state index contributed by atoms with van der Waals surface area (Å²) < 4.78 is 44.4. The van der Waals surface area contributed by atoms with Gasteiger partial charge in [0.05, 0.1) is 43.1 Å². The molecule has 2 atom stereocenters. The van der Waals surface area contributed by atoms with Crippen LogP contribution in [0.25, 0.3) is 6.08 Å². The first-order chi connectivity index (χ1) is 21.9. The van der Waals surface area contributed by atoms with Crippen molar-refractivity contribution in [3.05, 3.63) is 95.1 Å². The lowest BCUT2D eigenvalue weighted by molar-refractivity contribution is 0.0680. The van der Waals surface area contributed by atoms with Crippen LogP contribution >= 0.6 is 0 Å². The maximum atomic E-state index is 14.2. The van der Waals surface area contributed by atoms with Gasteiger partial charge in [0.15, 0.2) is 0 Å². The smallest absolute Gasteiger partial charge is 0.274 e. The molecule has 0 radical (unpaired) electrons. The number of allylic oxidation sites excluding steroid dienone is 1. The van der Waals surface area contributed by atoms with Gasteiger partial charge in [-0.2, -0.15) is 9.41 Å². The van der Waals surface area contributed by atoms with Gasteiger partial charge in [-0.15, -0.1) is 0 Å². The van der Waals surface area contributed by atoms with Gasteiger partial charge in [-0.25, -0.2) is 13.4 Å². The van der Waals surface area contributed by atoms with Crippen molar-refractivity contribution in [3.8, 4) is 11.5 Å². The number of hydrogen-bond acceptors (Lipinski definition) is 7. The van der Waals surface area contributed by atoms with E-state index in [0.717, 1.165) is 53.2 Å². The van der Waals surface area contributed by atoms with E-state index in [9.17, 15) is 13.2 Å².